The maximum Gasteiger partial charge on any atom is 0.135 e. The highest BCUT2D eigenvalue weighted by molar-refractivity contribution is 7.11. The van der Waals surface area contributed by atoms with E-state index in [9.17, 15) is 5.11 Å². The van der Waals surface area contributed by atoms with Crippen molar-refractivity contribution in [3.05, 3.63) is 40.4 Å². The van der Waals surface area contributed by atoms with E-state index in [-0.39, 0.29) is 11.8 Å². The van der Waals surface area contributed by atoms with E-state index in [0.29, 0.717) is 23.0 Å². The van der Waals surface area contributed by atoms with E-state index in [0.717, 1.165) is 23.4 Å². The van der Waals surface area contributed by atoms with Gasteiger partial charge in [-0.1, -0.05) is 6.92 Å². The molecule has 0 amide bonds. The maximum absolute atomic E-state index is 10.3. The van der Waals surface area contributed by atoms with Crippen molar-refractivity contribution in [2.45, 2.75) is 26.3 Å². The SMILES string of the molecule is CCC(C)N1CC(O)=C(c2nc(-c3ccc(OC)cc3)cs2)C1=N. The Labute approximate surface area is 145 Å². The molecule has 1 aromatic carbocycles. The van der Waals surface area contributed by atoms with Crippen LogP contribution in [0.1, 0.15) is 25.3 Å². The van der Waals surface area contributed by atoms with E-state index in [4.69, 9.17) is 10.1 Å². The molecule has 1 unspecified atom stereocenters. The summed E-state index contributed by atoms with van der Waals surface area (Å²) in [6, 6.07) is 7.92. The number of methoxy groups -OCH3 is 1. The summed E-state index contributed by atoms with van der Waals surface area (Å²) in [7, 11) is 1.64. The molecule has 2 heterocycles. The second-order valence-electron chi connectivity index (χ2n) is 5.82. The van der Waals surface area contributed by atoms with E-state index in [1.165, 1.54) is 11.3 Å². The highest BCUT2D eigenvalue weighted by Gasteiger charge is 2.32. The average molecular weight is 343 g/mol. The lowest BCUT2D eigenvalue weighted by Crippen LogP contribution is -2.34. The zero-order valence-electron chi connectivity index (χ0n) is 14.0. The van der Waals surface area contributed by atoms with Crippen LogP contribution in [0.15, 0.2) is 35.4 Å². The second-order valence-corrected chi connectivity index (χ2v) is 6.68. The molecule has 1 aliphatic heterocycles. The van der Waals surface area contributed by atoms with Crippen molar-refractivity contribution in [2.24, 2.45) is 0 Å². The van der Waals surface area contributed by atoms with Crippen molar-refractivity contribution in [3.8, 4) is 17.0 Å². The molecule has 2 N–H and O–H groups in total. The number of amidine groups is 1. The highest BCUT2D eigenvalue weighted by atomic mass is 32.1. The lowest BCUT2D eigenvalue weighted by atomic mass is 10.1. The van der Waals surface area contributed by atoms with Crippen molar-refractivity contribution < 1.29 is 9.84 Å². The van der Waals surface area contributed by atoms with Crippen LogP contribution in [0.2, 0.25) is 0 Å². The minimum absolute atomic E-state index is 0.221. The van der Waals surface area contributed by atoms with Gasteiger partial charge in [-0.05, 0) is 37.6 Å². The number of hydrogen-bond acceptors (Lipinski definition) is 5. The van der Waals surface area contributed by atoms with E-state index >= 15 is 0 Å². The quantitative estimate of drug-likeness (QED) is 0.854. The summed E-state index contributed by atoms with van der Waals surface area (Å²) in [4.78, 5) is 6.55. The molecule has 0 bridgehead atoms. The topological polar surface area (TPSA) is 69.4 Å². The number of thiazole rings is 1. The van der Waals surface area contributed by atoms with Crippen molar-refractivity contribution in [2.75, 3.05) is 13.7 Å². The number of benzene rings is 1. The summed E-state index contributed by atoms with van der Waals surface area (Å²) in [5.41, 5.74) is 2.38. The number of rotatable bonds is 5. The third kappa shape index (κ3) is 2.89. The molecule has 1 aromatic heterocycles. The number of nitrogens with one attached hydrogen (secondary N) is 1. The minimum Gasteiger partial charge on any atom is -0.510 e. The third-order valence-electron chi connectivity index (χ3n) is 4.36. The lowest BCUT2D eigenvalue weighted by Gasteiger charge is -2.25. The van der Waals surface area contributed by atoms with E-state index in [2.05, 4.69) is 18.8 Å². The van der Waals surface area contributed by atoms with Crippen LogP contribution in [-0.2, 0) is 0 Å². The van der Waals surface area contributed by atoms with Gasteiger partial charge in [0, 0.05) is 17.0 Å². The first-order valence-corrected chi connectivity index (χ1v) is 8.81. The van der Waals surface area contributed by atoms with Crippen LogP contribution in [-0.4, -0.2) is 40.5 Å². The van der Waals surface area contributed by atoms with Gasteiger partial charge < -0.3 is 14.7 Å². The van der Waals surface area contributed by atoms with Gasteiger partial charge in [0.1, 0.15) is 22.4 Å². The Kier molecular flexibility index (Phi) is 4.57. The number of nitrogens with zero attached hydrogens (tertiary/aromatic N) is 2. The lowest BCUT2D eigenvalue weighted by molar-refractivity contribution is 0.301. The Morgan fingerprint density at radius 2 is 2.08 bits per heavy atom. The Balaban J connectivity index is 1.87. The summed E-state index contributed by atoms with van der Waals surface area (Å²) >= 11 is 1.45. The van der Waals surface area contributed by atoms with Gasteiger partial charge in [-0.25, -0.2) is 4.98 Å². The second kappa shape index (κ2) is 6.65. The first-order chi connectivity index (χ1) is 11.5. The van der Waals surface area contributed by atoms with Crippen molar-refractivity contribution in [3.63, 3.8) is 0 Å². The average Bonchev–Trinajstić information content (AvgIpc) is 3.19. The fourth-order valence-corrected chi connectivity index (χ4v) is 3.60. The molecule has 0 spiro atoms. The van der Waals surface area contributed by atoms with Crippen LogP contribution < -0.4 is 4.74 Å². The molecule has 1 atom stereocenters. The fraction of sp³-hybridized carbons (Fsp3) is 0.333. The molecular weight excluding hydrogens is 322 g/mol. The van der Waals surface area contributed by atoms with Crippen LogP contribution in [0.3, 0.4) is 0 Å². The van der Waals surface area contributed by atoms with Gasteiger partial charge in [0.05, 0.1) is 24.9 Å². The van der Waals surface area contributed by atoms with Crippen LogP contribution in [0, 0.1) is 5.41 Å². The van der Waals surface area contributed by atoms with Gasteiger partial charge in [0.25, 0.3) is 0 Å². The number of aliphatic hydroxyl groups excluding tert-OH is 1. The molecule has 1 aliphatic rings. The van der Waals surface area contributed by atoms with Crippen molar-refractivity contribution in [1.29, 1.82) is 5.41 Å². The molecule has 24 heavy (non-hydrogen) atoms. The highest BCUT2D eigenvalue weighted by Crippen LogP contribution is 2.33. The molecule has 6 heteroatoms. The van der Waals surface area contributed by atoms with Crippen molar-refractivity contribution >= 4 is 22.7 Å². The normalized spacial score (nSPS) is 16.0. The molecule has 0 saturated heterocycles. The molecule has 3 rings (SSSR count). The number of ether oxygens (including phenoxy) is 1. The first-order valence-electron chi connectivity index (χ1n) is 7.93. The Morgan fingerprint density at radius 3 is 2.71 bits per heavy atom. The summed E-state index contributed by atoms with van der Waals surface area (Å²) in [6.45, 7) is 4.54. The summed E-state index contributed by atoms with van der Waals surface area (Å²) < 4.78 is 5.17. The smallest absolute Gasteiger partial charge is 0.135 e. The summed E-state index contributed by atoms with van der Waals surface area (Å²) in [5, 5.41) is 21.4. The molecule has 0 fully saturated rings. The maximum atomic E-state index is 10.3. The van der Waals surface area contributed by atoms with Gasteiger partial charge in [0.15, 0.2) is 0 Å². The minimum atomic E-state index is 0.221. The molecular formula is C18H21N3O2S. The largest absolute Gasteiger partial charge is 0.510 e. The van der Waals surface area contributed by atoms with Gasteiger partial charge in [-0.3, -0.25) is 5.41 Å². The molecule has 2 aromatic rings. The first kappa shape index (κ1) is 16.5. The summed E-state index contributed by atoms with van der Waals surface area (Å²) in [6.07, 6.45) is 0.928. The van der Waals surface area contributed by atoms with Crippen molar-refractivity contribution in [1.82, 2.24) is 9.88 Å². The molecule has 0 aliphatic carbocycles. The Morgan fingerprint density at radius 1 is 1.38 bits per heavy atom. The standard InChI is InChI=1S/C18H21N3O2S/c1-4-11(2)21-9-15(22)16(17(21)19)18-20-14(10-24-18)12-5-7-13(23-3)8-6-12/h5-8,10-11,19,22H,4,9H2,1-3H3. The predicted molar refractivity (Wildman–Crippen MR) is 97.8 cm³/mol. The van der Waals surface area contributed by atoms with Gasteiger partial charge in [-0.15, -0.1) is 11.3 Å². The van der Waals surface area contributed by atoms with Crippen LogP contribution in [0.5, 0.6) is 5.75 Å². The van der Waals surface area contributed by atoms with Crippen LogP contribution in [0.25, 0.3) is 16.8 Å². The van der Waals surface area contributed by atoms with Gasteiger partial charge in [-0.2, -0.15) is 0 Å². The zero-order chi connectivity index (χ0) is 17.3. The van der Waals surface area contributed by atoms with Gasteiger partial charge >= 0.3 is 0 Å². The Bertz CT molecular complexity index is 780. The van der Waals surface area contributed by atoms with Gasteiger partial charge in [0.2, 0.25) is 0 Å². The predicted octanol–water partition coefficient (Wildman–Crippen LogP) is 4.18. The van der Waals surface area contributed by atoms with Crippen LogP contribution >= 0.6 is 11.3 Å². The number of aromatic nitrogens is 1. The zero-order valence-corrected chi connectivity index (χ0v) is 14.9. The molecule has 5 nitrogen and oxygen atoms in total. The number of hydrogen-bond donors (Lipinski definition) is 2. The van der Waals surface area contributed by atoms with E-state index < -0.39 is 0 Å². The van der Waals surface area contributed by atoms with E-state index in [1.54, 1.807) is 7.11 Å². The summed E-state index contributed by atoms with van der Waals surface area (Å²) in [5.74, 6) is 1.39. The third-order valence-corrected chi connectivity index (χ3v) is 5.22. The molecule has 126 valence electrons. The molecule has 0 radical (unpaired) electrons. The van der Waals surface area contributed by atoms with Crippen LogP contribution in [0.4, 0.5) is 0 Å². The molecule has 0 saturated carbocycles. The number of aliphatic hydroxyl groups is 1. The fourth-order valence-electron chi connectivity index (χ4n) is 2.70. The monoisotopic (exact) mass is 343 g/mol. The Hall–Kier alpha value is -2.34. The van der Waals surface area contributed by atoms with E-state index in [1.807, 2.05) is 34.5 Å².